The van der Waals surface area contributed by atoms with E-state index in [1.54, 1.807) is 7.11 Å². The third-order valence-corrected chi connectivity index (χ3v) is 5.13. The molecule has 1 aliphatic carbocycles. The van der Waals surface area contributed by atoms with Gasteiger partial charge >= 0.3 is 0 Å². The maximum atomic E-state index is 12.1. The molecule has 2 fully saturated rings. The van der Waals surface area contributed by atoms with Crippen LogP contribution < -0.4 is 10.1 Å². The average molecular weight is 355 g/mol. The number of hydrogen-bond acceptors (Lipinski definition) is 5. The van der Waals surface area contributed by atoms with Crippen LogP contribution in [0.5, 0.6) is 5.75 Å². The number of nitrogens with zero attached hydrogens (tertiary/aromatic N) is 2. The van der Waals surface area contributed by atoms with Gasteiger partial charge in [-0.1, -0.05) is 17.3 Å². The summed E-state index contributed by atoms with van der Waals surface area (Å²) in [5, 5.41) is 7.12. The largest absolute Gasteiger partial charge is 0.497 e. The number of aromatic nitrogens is 1. The molecule has 1 aromatic heterocycles. The number of benzene rings is 1. The van der Waals surface area contributed by atoms with Gasteiger partial charge in [-0.2, -0.15) is 0 Å². The number of methoxy groups -OCH3 is 1. The molecule has 1 atom stereocenters. The van der Waals surface area contributed by atoms with E-state index in [1.165, 1.54) is 5.56 Å². The zero-order valence-corrected chi connectivity index (χ0v) is 15.1. The highest BCUT2D eigenvalue weighted by Gasteiger charge is 2.28. The van der Waals surface area contributed by atoms with Gasteiger partial charge in [0.25, 0.3) is 5.91 Å². The summed E-state index contributed by atoms with van der Waals surface area (Å²) in [6.45, 7) is 2.88. The molecular formula is C20H25N3O3. The lowest BCUT2D eigenvalue weighted by Crippen LogP contribution is -2.34. The molecule has 138 valence electrons. The molecule has 0 spiro atoms. The van der Waals surface area contributed by atoms with Crippen molar-refractivity contribution >= 4 is 5.91 Å². The Balaban J connectivity index is 1.38. The first-order valence-corrected chi connectivity index (χ1v) is 9.34. The maximum absolute atomic E-state index is 12.1. The Bertz CT molecular complexity index is 769. The normalized spacial score (nSPS) is 20.7. The second-order valence-electron chi connectivity index (χ2n) is 7.29. The highest BCUT2D eigenvalue weighted by Crippen LogP contribution is 2.28. The van der Waals surface area contributed by atoms with Gasteiger partial charge in [0.05, 0.1) is 12.8 Å². The highest BCUT2D eigenvalue weighted by atomic mass is 16.5. The minimum atomic E-state index is -0.143. The second-order valence-corrected chi connectivity index (χ2v) is 7.29. The topological polar surface area (TPSA) is 67.6 Å². The molecule has 1 saturated heterocycles. The number of amides is 1. The van der Waals surface area contributed by atoms with Crippen molar-refractivity contribution in [3.8, 4) is 5.75 Å². The Morgan fingerprint density at radius 3 is 3.04 bits per heavy atom. The van der Waals surface area contributed by atoms with E-state index in [4.69, 9.17) is 9.26 Å². The molecule has 6 heteroatoms. The summed E-state index contributed by atoms with van der Waals surface area (Å²) in [7, 11) is 1.69. The van der Waals surface area contributed by atoms with Crippen molar-refractivity contribution in [3.63, 3.8) is 0 Å². The fourth-order valence-corrected chi connectivity index (χ4v) is 3.54. The van der Waals surface area contributed by atoms with Gasteiger partial charge in [-0.25, -0.2) is 0 Å². The molecule has 1 N–H and O–H groups in total. The van der Waals surface area contributed by atoms with Gasteiger partial charge < -0.3 is 14.6 Å². The Labute approximate surface area is 153 Å². The second kappa shape index (κ2) is 7.50. The lowest BCUT2D eigenvalue weighted by atomic mass is 9.94. The van der Waals surface area contributed by atoms with Gasteiger partial charge in [0.15, 0.2) is 0 Å². The summed E-state index contributed by atoms with van der Waals surface area (Å²) in [4.78, 5) is 14.5. The predicted octanol–water partition coefficient (Wildman–Crippen LogP) is 2.96. The number of carbonyl (C=O) groups is 1. The molecular weight excluding hydrogens is 330 g/mol. The van der Waals surface area contributed by atoms with Crippen LogP contribution in [0.3, 0.4) is 0 Å². The molecule has 1 aromatic carbocycles. The van der Waals surface area contributed by atoms with E-state index >= 15 is 0 Å². The summed E-state index contributed by atoms with van der Waals surface area (Å²) in [5.74, 6) is 1.38. The molecule has 2 heterocycles. The summed E-state index contributed by atoms with van der Waals surface area (Å²) in [5.41, 5.74) is 2.14. The van der Waals surface area contributed by atoms with Crippen LogP contribution in [0.4, 0.5) is 0 Å². The quantitative estimate of drug-likeness (QED) is 0.863. The SMILES string of the molecule is COc1cccc(CN2CCC[C@@H](c3cc(C(=O)NC4CC4)on3)C2)c1. The molecule has 26 heavy (non-hydrogen) atoms. The Hall–Kier alpha value is -2.34. The van der Waals surface area contributed by atoms with Gasteiger partial charge in [-0.3, -0.25) is 9.69 Å². The zero-order valence-electron chi connectivity index (χ0n) is 15.1. The number of likely N-dealkylation sites (tertiary alicyclic amines) is 1. The first kappa shape index (κ1) is 17.1. The van der Waals surface area contributed by atoms with Crippen LogP contribution >= 0.6 is 0 Å². The van der Waals surface area contributed by atoms with Crippen LogP contribution in [0.1, 0.15) is 53.4 Å². The van der Waals surface area contributed by atoms with Crippen molar-refractivity contribution in [2.75, 3.05) is 20.2 Å². The van der Waals surface area contributed by atoms with Gasteiger partial charge in [-0.15, -0.1) is 0 Å². The summed E-state index contributed by atoms with van der Waals surface area (Å²) >= 11 is 0. The highest BCUT2D eigenvalue weighted by molar-refractivity contribution is 5.91. The molecule has 2 aliphatic rings. The number of rotatable bonds is 6. The van der Waals surface area contributed by atoms with Crippen LogP contribution in [0.25, 0.3) is 0 Å². The molecule has 0 radical (unpaired) electrons. The summed E-state index contributed by atoms with van der Waals surface area (Å²) < 4.78 is 10.6. The average Bonchev–Trinajstić information content (AvgIpc) is 3.33. The number of piperidine rings is 1. The van der Waals surface area contributed by atoms with Gasteiger partial charge in [0.2, 0.25) is 5.76 Å². The predicted molar refractivity (Wildman–Crippen MR) is 97.2 cm³/mol. The fourth-order valence-electron chi connectivity index (χ4n) is 3.54. The summed E-state index contributed by atoms with van der Waals surface area (Å²) in [6, 6.07) is 10.3. The van der Waals surface area contributed by atoms with Crippen molar-refractivity contribution in [1.29, 1.82) is 0 Å². The first-order valence-electron chi connectivity index (χ1n) is 9.34. The van der Waals surface area contributed by atoms with Crippen molar-refractivity contribution in [1.82, 2.24) is 15.4 Å². The van der Waals surface area contributed by atoms with Crippen molar-refractivity contribution in [2.45, 2.75) is 44.2 Å². The van der Waals surface area contributed by atoms with E-state index in [9.17, 15) is 4.79 Å². The van der Waals surface area contributed by atoms with Crippen LogP contribution in [-0.2, 0) is 6.54 Å². The van der Waals surface area contributed by atoms with E-state index in [0.717, 1.165) is 56.8 Å². The van der Waals surface area contributed by atoms with Crippen LogP contribution in [0, 0.1) is 0 Å². The Morgan fingerprint density at radius 1 is 1.35 bits per heavy atom. The minimum Gasteiger partial charge on any atom is -0.497 e. The lowest BCUT2D eigenvalue weighted by Gasteiger charge is -2.31. The smallest absolute Gasteiger partial charge is 0.290 e. The van der Waals surface area contributed by atoms with E-state index in [0.29, 0.717) is 17.7 Å². The Morgan fingerprint density at radius 2 is 2.23 bits per heavy atom. The molecule has 0 unspecified atom stereocenters. The number of ether oxygens (including phenoxy) is 1. The van der Waals surface area contributed by atoms with Crippen molar-refractivity contribution in [2.24, 2.45) is 0 Å². The van der Waals surface area contributed by atoms with Crippen LogP contribution in [0.15, 0.2) is 34.9 Å². The molecule has 6 nitrogen and oxygen atoms in total. The third-order valence-electron chi connectivity index (χ3n) is 5.13. The third kappa shape index (κ3) is 4.07. The molecule has 2 aromatic rings. The first-order chi connectivity index (χ1) is 12.7. The standard InChI is InChI=1S/C20H25N3O3/c1-25-17-6-2-4-14(10-17)12-23-9-3-5-15(13-23)18-11-19(26-22-18)20(24)21-16-7-8-16/h2,4,6,10-11,15-16H,3,5,7-9,12-13H2,1H3,(H,21,24)/t15-/m1/s1. The number of nitrogens with one attached hydrogen (secondary N) is 1. The Kier molecular flexibility index (Phi) is 4.93. The van der Waals surface area contributed by atoms with E-state index < -0.39 is 0 Å². The minimum absolute atomic E-state index is 0.143. The van der Waals surface area contributed by atoms with Crippen molar-refractivity contribution in [3.05, 3.63) is 47.3 Å². The van der Waals surface area contributed by atoms with Crippen LogP contribution in [0.2, 0.25) is 0 Å². The molecule has 0 bridgehead atoms. The number of carbonyl (C=O) groups excluding carboxylic acids is 1. The lowest BCUT2D eigenvalue weighted by molar-refractivity contribution is 0.0914. The van der Waals surface area contributed by atoms with E-state index in [2.05, 4.69) is 27.5 Å². The van der Waals surface area contributed by atoms with Crippen LogP contribution in [-0.4, -0.2) is 42.2 Å². The molecule has 4 rings (SSSR count). The monoisotopic (exact) mass is 355 g/mol. The molecule has 1 aliphatic heterocycles. The number of hydrogen-bond donors (Lipinski definition) is 1. The van der Waals surface area contributed by atoms with E-state index in [-0.39, 0.29) is 5.91 Å². The molecule has 1 saturated carbocycles. The maximum Gasteiger partial charge on any atom is 0.290 e. The molecule has 1 amide bonds. The zero-order chi connectivity index (χ0) is 17.9. The van der Waals surface area contributed by atoms with Crippen molar-refractivity contribution < 1.29 is 14.1 Å². The van der Waals surface area contributed by atoms with E-state index in [1.807, 2.05) is 18.2 Å². The summed E-state index contributed by atoms with van der Waals surface area (Å²) in [6.07, 6.45) is 4.32. The van der Waals surface area contributed by atoms with Gasteiger partial charge in [0, 0.05) is 31.1 Å². The van der Waals surface area contributed by atoms with Gasteiger partial charge in [-0.05, 0) is 49.9 Å². The van der Waals surface area contributed by atoms with Gasteiger partial charge in [0.1, 0.15) is 5.75 Å². The fraction of sp³-hybridized carbons (Fsp3) is 0.500.